The largest absolute Gasteiger partial charge is 0.416 e. The van der Waals surface area contributed by atoms with Crippen LogP contribution in [-0.2, 0) is 17.5 Å². The number of nitrogens with zero attached hydrogens (tertiary/aromatic N) is 3. The van der Waals surface area contributed by atoms with Crippen LogP contribution in [0.3, 0.4) is 0 Å². The van der Waals surface area contributed by atoms with Gasteiger partial charge in [-0.25, -0.2) is 0 Å². The number of hydrogen-bond acceptors (Lipinski definition) is 4. The zero-order valence-corrected chi connectivity index (χ0v) is 15.7. The second-order valence-electron chi connectivity index (χ2n) is 6.83. The molecule has 1 unspecified atom stereocenters. The Morgan fingerprint density at radius 3 is 2.45 bits per heavy atom. The molecule has 0 N–H and O–H groups in total. The number of rotatable bonds is 4. The quantitative estimate of drug-likeness (QED) is 0.599. The summed E-state index contributed by atoms with van der Waals surface area (Å²) in [5.41, 5.74) is 0.598. The van der Waals surface area contributed by atoms with Gasteiger partial charge < -0.3 is 9.42 Å². The lowest BCUT2D eigenvalue weighted by Crippen LogP contribution is -2.24. The smallest absolute Gasteiger partial charge is 0.338 e. The van der Waals surface area contributed by atoms with Crippen LogP contribution >= 0.6 is 11.6 Å². The van der Waals surface area contributed by atoms with Crippen molar-refractivity contribution < 1.29 is 22.5 Å². The van der Waals surface area contributed by atoms with Gasteiger partial charge in [0, 0.05) is 36.0 Å². The number of carbonyl (C=O) groups is 1. The maximum Gasteiger partial charge on any atom is 0.416 e. The molecular formula is C20H15ClF3N3O2. The molecule has 1 aliphatic heterocycles. The highest BCUT2D eigenvalue weighted by Gasteiger charge is 2.34. The zero-order valence-electron chi connectivity index (χ0n) is 15.0. The van der Waals surface area contributed by atoms with E-state index in [0.29, 0.717) is 29.5 Å². The van der Waals surface area contributed by atoms with Crippen LogP contribution in [0, 0.1) is 0 Å². The van der Waals surface area contributed by atoms with Crippen LogP contribution in [-0.4, -0.2) is 27.5 Å². The van der Waals surface area contributed by atoms with Gasteiger partial charge in [0.15, 0.2) is 5.82 Å². The van der Waals surface area contributed by atoms with Crippen LogP contribution in [0.5, 0.6) is 0 Å². The predicted molar refractivity (Wildman–Crippen MR) is 99.0 cm³/mol. The fraction of sp³-hybridized carbons (Fsp3) is 0.250. The molecule has 1 amide bonds. The number of amides is 1. The third-order valence-corrected chi connectivity index (χ3v) is 5.02. The van der Waals surface area contributed by atoms with Gasteiger partial charge in [-0.15, -0.1) is 0 Å². The molecule has 4 rings (SSSR count). The molecule has 0 radical (unpaired) electrons. The Labute approximate surface area is 169 Å². The molecule has 1 fully saturated rings. The van der Waals surface area contributed by atoms with E-state index >= 15 is 0 Å². The molecule has 0 aliphatic carbocycles. The van der Waals surface area contributed by atoms with E-state index in [2.05, 4.69) is 10.1 Å². The number of carbonyl (C=O) groups excluding carboxylic acids is 1. The maximum absolute atomic E-state index is 12.7. The van der Waals surface area contributed by atoms with Gasteiger partial charge in [-0.05, 0) is 42.0 Å². The Bertz CT molecular complexity index is 1020. The highest BCUT2D eigenvalue weighted by Crippen LogP contribution is 2.32. The van der Waals surface area contributed by atoms with Gasteiger partial charge in [0.05, 0.1) is 5.56 Å². The summed E-state index contributed by atoms with van der Waals surface area (Å²) in [5.74, 6) is 0.233. The van der Waals surface area contributed by atoms with Crippen molar-refractivity contribution in [2.24, 2.45) is 0 Å². The Morgan fingerprint density at radius 1 is 1.10 bits per heavy atom. The lowest BCUT2D eigenvalue weighted by molar-refractivity contribution is -0.137. The first-order valence-corrected chi connectivity index (χ1v) is 9.21. The van der Waals surface area contributed by atoms with Crippen molar-refractivity contribution in [2.75, 3.05) is 6.54 Å². The monoisotopic (exact) mass is 421 g/mol. The average Bonchev–Trinajstić information content (AvgIpc) is 3.30. The number of alkyl halides is 3. The molecular weight excluding hydrogens is 407 g/mol. The van der Waals surface area contributed by atoms with Crippen LogP contribution in [0.15, 0.2) is 53.1 Å². The minimum Gasteiger partial charge on any atom is -0.338 e. The second-order valence-corrected chi connectivity index (χ2v) is 7.27. The number of benzene rings is 2. The normalized spacial score (nSPS) is 17.2. The number of aromatic nitrogens is 2. The number of likely N-dealkylation sites (tertiary alicyclic amines) is 1. The van der Waals surface area contributed by atoms with E-state index in [-0.39, 0.29) is 24.1 Å². The van der Waals surface area contributed by atoms with Crippen molar-refractivity contribution in [1.82, 2.24) is 15.0 Å². The van der Waals surface area contributed by atoms with Crippen LogP contribution in [0.4, 0.5) is 13.2 Å². The van der Waals surface area contributed by atoms with E-state index in [4.69, 9.17) is 16.1 Å². The van der Waals surface area contributed by atoms with Crippen LogP contribution in [0.2, 0.25) is 5.02 Å². The Hall–Kier alpha value is -2.87. The molecule has 1 aromatic heterocycles. The van der Waals surface area contributed by atoms with Gasteiger partial charge in [0.1, 0.15) is 0 Å². The third kappa shape index (κ3) is 4.27. The number of hydrogen-bond donors (Lipinski definition) is 0. The molecule has 0 bridgehead atoms. The van der Waals surface area contributed by atoms with Gasteiger partial charge >= 0.3 is 6.18 Å². The summed E-state index contributed by atoms with van der Waals surface area (Å²) in [6.45, 7) is 0.892. The maximum atomic E-state index is 12.7. The summed E-state index contributed by atoms with van der Waals surface area (Å²) >= 11 is 5.88. The molecule has 2 heterocycles. The first kappa shape index (κ1) is 19.4. The zero-order chi connectivity index (χ0) is 20.6. The van der Waals surface area contributed by atoms with Gasteiger partial charge in [-0.2, -0.15) is 18.2 Å². The molecule has 3 aromatic rings. The van der Waals surface area contributed by atoms with Crippen molar-refractivity contribution in [3.05, 3.63) is 70.5 Å². The second kappa shape index (κ2) is 7.51. The molecule has 0 spiro atoms. The molecule has 1 saturated heterocycles. The molecule has 5 nitrogen and oxygen atoms in total. The first-order valence-electron chi connectivity index (χ1n) is 8.83. The summed E-state index contributed by atoms with van der Waals surface area (Å²) in [7, 11) is 0. The fourth-order valence-corrected chi connectivity index (χ4v) is 3.35. The van der Waals surface area contributed by atoms with Gasteiger partial charge in [-0.1, -0.05) is 28.9 Å². The molecule has 29 heavy (non-hydrogen) atoms. The summed E-state index contributed by atoms with van der Waals surface area (Å²) in [6.07, 6.45) is -4.16. The Kier molecular flexibility index (Phi) is 5.04. The average molecular weight is 422 g/mol. The SMILES string of the molecule is O=C1CC(c2noc(-c3ccc(C(F)(F)F)cc3)n2)CN1Cc1ccc(Cl)cc1. The van der Waals surface area contributed by atoms with Crippen LogP contribution in [0.25, 0.3) is 11.5 Å². The Balaban J connectivity index is 1.45. The fourth-order valence-electron chi connectivity index (χ4n) is 3.23. The van der Waals surface area contributed by atoms with E-state index in [9.17, 15) is 18.0 Å². The van der Waals surface area contributed by atoms with E-state index in [0.717, 1.165) is 17.7 Å². The van der Waals surface area contributed by atoms with Crippen molar-refractivity contribution in [2.45, 2.75) is 25.1 Å². The first-order chi connectivity index (χ1) is 13.8. The van der Waals surface area contributed by atoms with Crippen molar-refractivity contribution in [3.63, 3.8) is 0 Å². The van der Waals surface area contributed by atoms with Gasteiger partial charge in [0.25, 0.3) is 5.89 Å². The summed E-state index contributed by atoms with van der Waals surface area (Å²) in [6, 6.07) is 11.8. The molecule has 150 valence electrons. The predicted octanol–water partition coefficient (Wildman–Crippen LogP) is 4.92. The van der Waals surface area contributed by atoms with Crippen LogP contribution < -0.4 is 0 Å². The molecule has 1 atom stereocenters. The van der Waals surface area contributed by atoms with Gasteiger partial charge in [0.2, 0.25) is 5.91 Å². The molecule has 1 aliphatic rings. The lowest BCUT2D eigenvalue weighted by atomic mass is 10.1. The van der Waals surface area contributed by atoms with E-state index in [1.165, 1.54) is 12.1 Å². The molecule has 2 aromatic carbocycles. The highest BCUT2D eigenvalue weighted by molar-refractivity contribution is 6.30. The summed E-state index contributed by atoms with van der Waals surface area (Å²) < 4.78 is 43.3. The molecule has 0 saturated carbocycles. The summed E-state index contributed by atoms with van der Waals surface area (Å²) in [5, 5.41) is 4.56. The van der Waals surface area contributed by atoms with E-state index in [1.807, 2.05) is 12.1 Å². The third-order valence-electron chi connectivity index (χ3n) is 4.77. The minimum absolute atomic E-state index is 0.0224. The van der Waals surface area contributed by atoms with E-state index < -0.39 is 11.7 Å². The van der Waals surface area contributed by atoms with Crippen molar-refractivity contribution in [3.8, 4) is 11.5 Å². The summed E-state index contributed by atoms with van der Waals surface area (Å²) in [4.78, 5) is 18.3. The highest BCUT2D eigenvalue weighted by atomic mass is 35.5. The van der Waals surface area contributed by atoms with Crippen molar-refractivity contribution in [1.29, 1.82) is 0 Å². The van der Waals surface area contributed by atoms with Crippen LogP contribution in [0.1, 0.15) is 29.3 Å². The minimum atomic E-state index is -4.41. The topological polar surface area (TPSA) is 59.2 Å². The van der Waals surface area contributed by atoms with Gasteiger partial charge in [-0.3, -0.25) is 4.79 Å². The van der Waals surface area contributed by atoms with Crippen molar-refractivity contribution >= 4 is 17.5 Å². The number of halogens is 4. The lowest BCUT2D eigenvalue weighted by Gasteiger charge is -2.16. The Morgan fingerprint density at radius 2 is 1.79 bits per heavy atom. The molecule has 9 heteroatoms. The van der Waals surface area contributed by atoms with E-state index in [1.54, 1.807) is 17.0 Å². The standard InChI is InChI=1S/C20H15ClF3N3O2/c21-16-7-1-12(2-8-16)10-27-11-14(9-17(27)28)18-25-19(29-26-18)13-3-5-15(6-4-13)20(22,23)24/h1-8,14H,9-11H2.